The smallest absolute Gasteiger partial charge is 0.251 e. The van der Waals surface area contributed by atoms with Crippen molar-refractivity contribution in [2.75, 3.05) is 20.2 Å². The van der Waals surface area contributed by atoms with Gasteiger partial charge >= 0.3 is 0 Å². The molecule has 1 heterocycles. The fourth-order valence-electron chi connectivity index (χ4n) is 3.35. The highest BCUT2D eigenvalue weighted by molar-refractivity contribution is 5.97. The van der Waals surface area contributed by atoms with Crippen molar-refractivity contribution in [2.24, 2.45) is 5.92 Å². The third-order valence-corrected chi connectivity index (χ3v) is 5.38. The second-order valence-corrected chi connectivity index (χ2v) is 7.34. The van der Waals surface area contributed by atoms with Gasteiger partial charge in [0.2, 0.25) is 11.8 Å². The number of carbonyl (C=O) groups excluding carboxylic acids is 3. The lowest BCUT2D eigenvalue weighted by Crippen LogP contribution is -2.55. The number of nitrogens with one attached hydrogen (secondary N) is 2. The van der Waals surface area contributed by atoms with Crippen molar-refractivity contribution in [1.29, 1.82) is 0 Å². The summed E-state index contributed by atoms with van der Waals surface area (Å²) in [6.07, 6.45) is 2.18. The van der Waals surface area contributed by atoms with Gasteiger partial charge in [-0.25, -0.2) is 0 Å². The quantitative estimate of drug-likeness (QED) is 0.746. The summed E-state index contributed by atoms with van der Waals surface area (Å²) in [5.74, 6) is 0.237. The van der Waals surface area contributed by atoms with Crippen LogP contribution in [0.1, 0.15) is 50.4 Å². The number of likely N-dealkylation sites (tertiary alicyclic amines) is 1. The predicted molar refractivity (Wildman–Crippen MR) is 107 cm³/mol. The summed E-state index contributed by atoms with van der Waals surface area (Å²) < 4.78 is 5.12. The molecule has 1 aromatic carbocycles. The summed E-state index contributed by atoms with van der Waals surface area (Å²) >= 11 is 0. The SMILES string of the molecule is CCC(C)NC(=O)C(NC(=O)c1ccc(OC)cc1)C1CCN(C(C)=O)CC1. The molecule has 1 aliphatic rings. The van der Waals surface area contributed by atoms with E-state index in [2.05, 4.69) is 10.6 Å². The lowest BCUT2D eigenvalue weighted by molar-refractivity contribution is -0.130. The zero-order valence-electron chi connectivity index (χ0n) is 17.2. The van der Waals surface area contributed by atoms with Crippen LogP contribution in [0.4, 0.5) is 0 Å². The van der Waals surface area contributed by atoms with Gasteiger partial charge in [-0.2, -0.15) is 0 Å². The maximum absolute atomic E-state index is 12.9. The molecule has 2 N–H and O–H groups in total. The molecule has 0 spiro atoms. The number of rotatable bonds is 7. The Balaban J connectivity index is 2.12. The molecule has 1 aliphatic heterocycles. The minimum Gasteiger partial charge on any atom is -0.497 e. The Morgan fingerprint density at radius 1 is 1.14 bits per heavy atom. The molecule has 28 heavy (non-hydrogen) atoms. The molecule has 0 radical (unpaired) electrons. The molecule has 1 fully saturated rings. The van der Waals surface area contributed by atoms with E-state index in [1.807, 2.05) is 13.8 Å². The first kappa shape index (κ1) is 21.7. The maximum atomic E-state index is 12.9. The minimum atomic E-state index is -0.627. The Bertz CT molecular complexity index is 681. The number of hydrogen-bond acceptors (Lipinski definition) is 4. The molecule has 2 rings (SSSR count). The first-order valence-corrected chi connectivity index (χ1v) is 9.86. The fourth-order valence-corrected chi connectivity index (χ4v) is 3.35. The van der Waals surface area contributed by atoms with E-state index < -0.39 is 6.04 Å². The van der Waals surface area contributed by atoms with Crippen LogP contribution in [0, 0.1) is 5.92 Å². The van der Waals surface area contributed by atoms with E-state index in [9.17, 15) is 14.4 Å². The molecule has 7 heteroatoms. The Morgan fingerprint density at radius 2 is 1.75 bits per heavy atom. The van der Waals surface area contributed by atoms with Crippen LogP contribution in [0.2, 0.25) is 0 Å². The molecular formula is C21H31N3O4. The third kappa shape index (κ3) is 5.71. The monoisotopic (exact) mass is 389 g/mol. The van der Waals surface area contributed by atoms with E-state index in [1.165, 1.54) is 0 Å². The van der Waals surface area contributed by atoms with Crippen molar-refractivity contribution in [3.8, 4) is 5.75 Å². The number of methoxy groups -OCH3 is 1. The summed E-state index contributed by atoms with van der Waals surface area (Å²) in [6.45, 7) is 6.70. The van der Waals surface area contributed by atoms with Crippen molar-refractivity contribution >= 4 is 17.7 Å². The Kier molecular flexibility index (Phi) is 7.84. The second-order valence-electron chi connectivity index (χ2n) is 7.34. The molecule has 0 aromatic heterocycles. The Morgan fingerprint density at radius 3 is 2.25 bits per heavy atom. The summed E-state index contributed by atoms with van der Waals surface area (Å²) in [6, 6.07) is 6.19. The highest BCUT2D eigenvalue weighted by Gasteiger charge is 2.33. The van der Waals surface area contributed by atoms with E-state index in [4.69, 9.17) is 4.74 Å². The maximum Gasteiger partial charge on any atom is 0.251 e. The molecule has 0 saturated carbocycles. The van der Waals surface area contributed by atoms with Crippen molar-refractivity contribution < 1.29 is 19.1 Å². The molecule has 0 bridgehead atoms. The van der Waals surface area contributed by atoms with Crippen LogP contribution >= 0.6 is 0 Å². The van der Waals surface area contributed by atoms with E-state index in [-0.39, 0.29) is 29.7 Å². The molecule has 7 nitrogen and oxygen atoms in total. The number of piperidine rings is 1. The highest BCUT2D eigenvalue weighted by atomic mass is 16.5. The molecule has 154 valence electrons. The molecule has 0 aliphatic carbocycles. The number of carbonyl (C=O) groups is 3. The Labute approximate surface area is 166 Å². The summed E-state index contributed by atoms with van der Waals surface area (Å²) in [5.41, 5.74) is 0.475. The lowest BCUT2D eigenvalue weighted by atomic mass is 9.88. The van der Waals surface area contributed by atoms with Crippen LogP contribution in [-0.2, 0) is 9.59 Å². The molecule has 1 saturated heterocycles. The van der Waals surface area contributed by atoms with Crippen LogP contribution in [0.5, 0.6) is 5.75 Å². The van der Waals surface area contributed by atoms with Crippen molar-refractivity contribution in [3.63, 3.8) is 0 Å². The molecule has 3 amide bonds. The molecular weight excluding hydrogens is 358 g/mol. The van der Waals surface area contributed by atoms with Crippen molar-refractivity contribution in [3.05, 3.63) is 29.8 Å². The van der Waals surface area contributed by atoms with Gasteiger partial charge in [0.25, 0.3) is 5.91 Å². The average molecular weight is 389 g/mol. The fraction of sp³-hybridized carbons (Fsp3) is 0.571. The van der Waals surface area contributed by atoms with Gasteiger partial charge in [-0.15, -0.1) is 0 Å². The average Bonchev–Trinajstić information content (AvgIpc) is 2.71. The van der Waals surface area contributed by atoms with Crippen LogP contribution < -0.4 is 15.4 Å². The first-order valence-electron chi connectivity index (χ1n) is 9.86. The zero-order chi connectivity index (χ0) is 20.7. The summed E-state index contributed by atoms with van der Waals surface area (Å²) in [7, 11) is 1.57. The van der Waals surface area contributed by atoms with Gasteiger partial charge < -0.3 is 20.3 Å². The summed E-state index contributed by atoms with van der Waals surface area (Å²) in [5, 5.41) is 5.90. The van der Waals surface area contributed by atoms with Gasteiger partial charge in [0.15, 0.2) is 0 Å². The number of hydrogen-bond donors (Lipinski definition) is 2. The van der Waals surface area contributed by atoms with E-state index in [1.54, 1.807) is 43.2 Å². The van der Waals surface area contributed by atoms with Crippen LogP contribution in [0.25, 0.3) is 0 Å². The van der Waals surface area contributed by atoms with E-state index in [0.717, 1.165) is 6.42 Å². The van der Waals surface area contributed by atoms with Gasteiger partial charge in [-0.1, -0.05) is 6.92 Å². The second kappa shape index (κ2) is 10.1. The van der Waals surface area contributed by atoms with E-state index >= 15 is 0 Å². The molecule has 2 unspecified atom stereocenters. The normalized spacial score (nSPS) is 16.8. The number of benzene rings is 1. The topological polar surface area (TPSA) is 87.7 Å². The van der Waals surface area contributed by atoms with Gasteiger partial charge in [-0.3, -0.25) is 14.4 Å². The minimum absolute atomic E-state index is 0.0122. The standard InChI is InChI=1S/C21H31N3O4/c1-5-14(2)22-21(27)19(16-10-12-24(13-11-16)15(3)25)23-20(26)17-6-8-18(28-4)9-7-17/h6-9,14,16,19H,5,10-13H2,1-4H3,(H,22,27)(H,23,26). The highest BCUT2D eigenvalue weighted by Crippen LogP contribution is 2.22. The van der Waals surface area contributed by atoms with Crippen LogP contribution in [-0.4, -0.2) is 54.9 Å². The van der Waals surface area contributed by atoms with Gasteiger partial charge in [0.1, 0.15) is 11.8 Å². The van der Waals surface area contributed by atoms with Crippen LogP contribution in [0.15, 0.2) is 24.3 Å². The largest absolute Gasteiger partial charge is 0.497 e. The molecule has 2 atom stereocenters. The number of nitrogens with zero attached hydrogens (tertiary/aromatic N) is 1. The van der Waals surface area contributed by atoms with Gasteiger partial charge in [0.05, 0.1) is 7.11 Å². The predicted octanol–water partition coefficient (Wildman–Crippen LogP) is 1.97. The van der Waals surface area contributed by atoms with Crippen molar-refractivity contribution in [1.82, 2.24) is 15.5 Å². The lowest BCUT2D eigenvalue weighted by Gasteiger charge is -2.35. The third-order valence-electron chi connectivity index (χ3n) is 5.38. The summed E-state index contributed by atoms with van der Waals surface area (Å²) in [4.78, 5) is 39.0. The van der Waals surface area contributed by atoms with Crippen LogP contribution in [0.3, 0.4) is 0 Å². The van der Waals surface area contributed by atoms with Gasteiger partial charge in [0, 0.05) is 31.6 Å². The molecule has 1 aromatic rings. The number of ether oxygens (including phenoxy) is 1. The zero-order valence-corrected chi connectivity index (χ0v) is 17.2. The Hall–Kier alpha value is -2.57. The van der Waals surface area contributed by atoms with E-state index in [0.29, 0.717) is 37.2 Å². The number of amides is 3. The van der Waals surface area contributed by atoms with Crippen molar-refractivity contribution in [2.45, 2.75) is 52.1 Å². The van der Waals surface area contributed by atoms with Gasteiger partial charge in [-0.05, 0) is 56.4 Å². The first-order chi connectivity index (χ1) is 13.3.